The lowest BCUT2D eigenvalue weighted by Crippen LogP contribution is -2.35. The summed E-state index contributed by atoms with van der Waals surface area (Å²) in [4.78, 5) is 0. The van der Waals surface area contributed by atoms with E-state index in [1.165, 1.54) is 13.2 Å². The van der Waals surface area contributed by atoms with E-state index in [9.17, 15) is 13.2 Å². The monoisotopic (exact) mass is 281 g/mol. The van der Waals surface area contributed by atoms with Crippen molar-refractivity contribution in [1.82, 2.24) is 0 Å². The Morgan fingerprint density at radius 1 is 1.33 bits per heavy atom. The molecule has 1 atom stereocenters. The van der Waals surface area contributed by atoms with Crippen LogP contribution in [0.3, 0.4) is 0 Å². The number of halogens is 4. The minimum Gasteiger partial charge on any atom is -0.497 e. The molecule has 2 nitrogen and oxygen atoms in total. The number of benzene rings is 1. The Kier molecular flexibility index (Phi) is 6.62. The third-order valence-corrected chi connectivity index (χ3v) is 2.23. The Morgan fingerprint density at radius 3 is 2.28 bits per heavy atom. The lowest BCUT2D eigenvalue weighted by Gasteiger charge is -2.21. The average molecular weight is 282 g/mol. The quantitative estimate of drug-likeness (QED) is 0.823. The second kappa shape index (κ2) is 7.16. The first-order chi connectivity index (χ1) is 7.97. The predicted octanol–water partition coefficient (Wildman–Crippen LogP) is 4.04. The summed E-state index contributed by atoms with van der Waals surface area (Å²) in [5, 5.41) is 2.42. The van der Waals surface area contributed by atoms with Crippen molar-refractivity contribution >= 4 is 18.1 Å². The van der Waals surface area contributed by atoms with Gasteiger partial charge in [0.05, 0.1) is 7.11 Å². The van der Waals surface area contributed by atoms with Gasteiger partial charge in [0.1, 0.15) is 11.8 Å². The summed E-state index contributed by atoms with van der Waals surface area (Å²) < 4.78 is 42.7. The summed E-state index contributed by atoms with van der Waals surface area (Å²) >= 11 is 0. The molecule has 1 N–H and O–H groups in total. The zero-order valence-electron chi connectivity index (χ0n) is 9.83. The first-order valence-corrected chi connectivity index (χ1v) is 5.05. The van der Waals surface area contributed by atoms with Crippen LogP contribution in [-0.4, -0.2) is 19.3 Å². The highest BCUT2D eigenvalue weighted by Crippen LogP contribution is 2.26. The molecular formula is C12H15ClF3NO. The van der Waals surface area contributed by atoms with Crippen molar-refractivity contribution in [2.75, 3.05) is 12.4 Å². The van der Waals surface area contributed by atoms with Crippen LogP contribution in [0, 0.1) is 0 Å². The minimum absolute atomic E-state index is 0. The maximum atomic E-state index is 12.6. The average Bonchev–Trinajstić information content (AvgIpc) is 2.28. The van der Waals surface area contributed by atoms with Crippen molar-refractivity contribution in [2.24, 2.45) is 0 Å². The van der Waals surface area contributed by atoms with Crippen molar-refractivity contribution in [3.63, 3.8) is 0 Å². The maximum absolute atomic E-state index is 12.6. The van der Waals surface area contributed by atoms with Crippen molar-refractivity contribution in [1.29, 1.82) is 0 Å². The van der Waals surface area contributed by atoms with Crippen molar-refractivity contribution in [3.05, 3.63) is 36.9 Å². The molecule has 0 radical (unpaired) electrons. The van der Waals surface area contributed by atoms with E-state index in [2.05, 4.69) is 11.9 Å². The maximum Gasteiger partial charge on any atom is 0.408 e. The van der Waals surface area contributed by atoms with E-state index in [0.717, 1.165) is 0 Å². The predicted molar refractivity (Wildman–Crippen MR) is 68.5 cm³/mol. The Labute approximate surface area is 110 Å². The molecule has 0 aliphatic heterocycles. The molecule has 0 aromatic heterocycles. The van der Waals surface area contributed by atoms with Crippen molar-refractivity contribution in [3.8, 4) is 5.75 Å². The number of hydrogen-bond donors (Lipinski definition) is 1. The molecule has 0 amide bonds. The van der Waals surface area contributed by atoms with E-state index in [4.69, 9.17) is 4.74 Å². The van der Waals surface area contributed by atoms with Crippen LogP contribution in [0.1, 0.15) is 6.42 Å². The van der Waals surface area contributed by atoms with Gasteiger partial charge in [-0.25, -0.2) is 0 Å². The zero-order chi connectivity index (χ0) is 12.9. The van der Waals surface area contributed by atoms with E-state index in [0.29, 0.717) is 11.4 Å². The fraction of sp³-hybridized carbons (Fsp3) is 0.333. The van der Waals surface area contributed by atoms with Gasteiger partial charge in [-0.1, -0.05) is 6.08 Å². The first kappa shape index (κ1) is 16.6. The van der Waals surface area contributed by atoms with Gasteiger partial charge in [-0.15, -0.1) is 19.0 Å². The first-order valence-electron chi connectivity index (χ1n) is 5.05. The third-order valence-electron chi connectivity index (χ3n) is 2.23. The third kappa shape index (κ3) is 4.87. The van der Waals surface area contributed by atoms with Gasteiger partial charge in [0, 0.05) is 5.69 Å². The van der Waals surface area contributed by atoms with Gasteiger partial charge in [0.25, 0.3) is 0 Å². The van der Waals surface area contributed by atoms with Gasteiger partial charge >= 0.3 is 6.18 Å². The standard InChI is InChI=1S/C12H14F3NO.ClH/c1-3-4-11(12(13,14)15)16-9-5-7-10(17-2)8-6-9;/h3,5-8,11,16H,1,4H2,2H3;1H. The molecule has 0 saturated heterocycles. The van der Waals surface area contributed by atoms with Crippen LogP contribution in [0.4, 0.5) is 18.9 Å². The molecule has 0 spiro atoms. The SMILES string of the molecule is C=CCC(Nc1ccc(OC)cc1)C(F)(F)F.Cl. The number of rotatable bonds is 5. The van der Waals surface area contributed by atoms with Crippen LogP contribution in [-0.2, 0) is 0 Å². The molecule has 0 aliphatic carbocycles. The van der Waals surface area contributed by atoms with Crippen molar-refractivity contribution < 1.29 is 17.9 Å². The number of anilines is 1. The smallest absolute Gasteiger partial charge is 0.408 e. The highest BCUT2D eigenvalue weighted by molar-refractivity contribution is 5.85. The molecule has 0 heterocycles. The van der Waals surface area contributed by atoms with Gasteiger partial charge in [0.2, 0.25) is 0 Å². The molecule has 0 fully saturated rings. The van der Waals surface area contributed by atoms with E-state index in [-0.39, 0.29) is 18.8 Å². The van der Waals surface area contributed by atoms with Gasteiger partial charge < -0.3 is 10.1 Å². The van der Waals surface area contributed by atoms with E-state index in [1.807, 2.05) is 0 Å². The number of alkyl halides is 3. The Balaban J connectivity index is 0.00000289. The second-order valence-electron chi connectivity index (χ2n) is 3.49. The molecule has 1 unspecified atom stereocenters. The summed E-state index contributed by atoms with van der Waals surface area (Å²) in [6.07, 6.45) is -3.22. The highest BCUT2D eigenvalue weighted by Gasteiger charge is 2.38. The van der Waals surface area contributed by atoms with Crippen LogP contribution in [0.15, 0.2) is 36.9 Å². The van der Waals surface area contributed by atoms with Crippen LogP contribution in [0.25, 0.3) is 0 Å². The number of ether oxygens (including phenoxy) is 1. The molecular weight excluding hydrogens is 267 g/mol. The topological polar surface area (TPSA) is 21.3 Å². The number of hydrogen-bond acceptors (Lipinski definition) is 2. The number of nitrogens with one attached hydrogen (secondary N) is 1. The lowest BCUT2D eigenvalue weighted by atomic mass is 10.2. The van der Waals surface area contributed by atoms with E-state index >= 15 is 0 Å². The number of methoxy groups -OCH3 is 1. The van der Waals surface area contributed by atoms with Crippen molar-refractivity contribution in [2.45, 2.75) is 18.6 Å². The summed E-state index contributed by atoms with van der Waals surface area (Å²) in [6.45, 7) is 3.32. The van der Waals surface area contributed by atoms with Gasteiger partial charge in [-0.2, -0.15) is 13.2 Å². The second-order valence-corrected chi connectivity index (χ2v) is 3.49. The molecule has 1 aromatic rings. The molecule has 0 bridgehead atoms. The molecule has 0 aliphatic rings. The van der Waals surface area contributed by atoms with E-state index < -0.39 is 12.2 Å². The summed E-state index contributed by atoms with van der Waals surface area (Å²) in [6, 6.07) is 4.67. The van der Waals surface area contributed by atoms with Crippen LogP contribution in [0.5, 0.6) is 5.75 Å². The largest absolute Gasteiger partial charge is 0.497 e. The Hall–Kier alpha value is -1.36. The van der Waals surface area contributed by atoms with Crippen LogP contribution >= 0.6 is 12.4 Å². The van der Waals surface area contributed by atoms with Gasteiger partial charge in [-0.3, -0.25) is 0 Å². The highest BCUT2D eigenvalue weighted by atomic mass is 35.5. The lowest BCUT2D eigenvalue weighted by molar-refractivity contribution is -0.141. The fourth-order valence-electron chi connectivity index (χ4n) is 1.33. The fourth-order valence-corrected chi connectivity index (χ4v) is 1.33. The molecule has 18 heavy (non-hydrogen) atoms. The molecule has 6 heteroatoms. The molecule has 1 rings (SSSR count). The summed E-state index contributed by atoms with van der Waals surface area (Å²) in [5.41, 5.74) is 0.398. The van der Waals surface area contributed by atoms with Crippen LogP contribution in [0.2, 0.25) is 0 Å². The molecule has 1 aromatic carbocycles. The van der Waals surface area contributed by atoms with E-state index in [1.54, 1.807) is 24.3 Å². The summed E-state index contributed by atoms with van der Waals surface area (Å²) in [7, 11) is 1.50. The Morgan fingerprint density at radius 2 is 1.89 bits per heavy atom. The summed E-state index contributed by atoms with van der Waals surface area (Å²) in [5.74, 6) is 0.600. The van der Waals surface area contributed by atoms with Crippen LogP contribution < -0.4 is 10.1 Å². The van der Waals surface area contributed by atoms with Gasteiger partial charge in [0.15, 0.2) is 0 Å². The Bertz CT molecular complexity index is 365. The zero-order valence-corrected chi connectivity index (χ0v) is 10.6. The normalized spacial score (nSPS) is 12.2. The minimum atomic E-state index is -4.30. The molecule has 102 valence electrons. The van der Waals surface area contributed by atoms with Gasteiger partial charge in [-0.05, 0) is 30.7 Å². The molecule has 0 saturated carbocycles.